The maximum absolute atomic E-state index is 14.3. The maximum atomic E-state index is 14.3. The van der Waals surface area contributed by atoms with Gasteiger partial charge in [-0.05, 0) is 43.3 Å². The fraction of sp³-hybridized carbons (Fsp3) is 0.263. The van der Waals surface area contributed by atoms with Gasteiger partial charge in [0.25, 0.3) is 5.89 Å². The minimum atomic E-state index is -0.293. The van der Waals surface area contributed by atoms with Gasteiger partial charge >= 0.3 is 0 Å². The molecule has 1 aromatic carbocycles. The third kappa shape index (κ3) is 3.24. The predicted octanol–water partition coefficient (Wildman–Crippen LogP) is 5.38. The molecule has 0 radical (unpaired) electrons. The van der Waals surface area contributed by atoms with Gasteiger partial charge in [0.2, 0.25) is 5.89 Å². The minimum Gasteiger partial charge on any atom is -0.419 e. The van der Waals surface area contributed by atoms with E-state index in [0.29, 0.717) is 29.2 Å². The number of benzene rings is 1. The summed E-state index contributed by atoms with van der Waals surface area (Å²) in [5.41, 5.74) is 0.471. The van der Waals surface area contributed by atoms with Crippen molar-refractivity contribution in [1.82, 2.24) is 25.0 Å². The molecule has 0 N–H and O–H groups in total. The first-order valence-corrected chi connectivity index (χ1v) is 10.7. The molecule has 0 aliphatic heterocycles. The van der Waals surface area contributed by atoms with Crippen LogP contribution in [0.1, 0.15) is 36.9 Å². The molecular formula is C19H16FN5OS2. The van der Waals surface area contributed by atoms with Crippen molar-refractivity contribution in [1.29, 1.82) is 0 Å². The quantitative estimate of drug-likeness (QED) is 0.395. The highest BCUT2D eigenvalue weighted by Crippen LogP contribution is 2.44. The van der Waals surface area contributed by atoms with Gasteiger partial charge in [0, 0.05) is 6.04 Å². The minimum absolute atomic E-state index is 0.101. The average Bonchev–Trinajstić information content (AvgIpc) is 3.12. The van der Waals surface area contributed by atoms with Gasteiger partial charge in [0.15, 0.2) is 11.0 Å². The summed E-state index contributed by atoms with van der Waals surface area (Å²) in [5, 5.41) is 19.6. The van der Waals surface area contributed by atoms with Gasteiger partial charge in [-0.2, -0.15) is 0 Å². The molecule has 142 valence electrons. The Labute approximate surface area is 168 Å². The number of thiophene rings is 1. The van der Waals surface area contributed by atoms with Gasteiger partial charge in [-0.1, -0.05) is 30.0 Å². The van der Waals surface area contributed by atoms with Gasteiger partial charge < -0.3 is 4.42 Å². The van der Waals surface area contributed by atoms with Crippen molar-refractivity contribution in [3.63, 3.8) is 0 Å². The summed E-state index contributed by atoms with van der Waals surface area (Å²) < 4.78 is 22.2. The van der Waals surface area contributed by atoms with E-state index in [4.69, 9.17) is 4.42 Å². The van der Waals surface area contributed by atoms with Crippen LogP contribution in [0.3, 0.4) is 0 Å². The third-order valence-electron chi connectivity index (χ3n) is 4.49. The van der Waals surface area contributed by atoms with Crippen LogP contribution in [0.4, 0.5) is 4.39 Å². The molecule has 3 heterocycles. The van der Waals surface area contributed by atoms with E-state index < -0.39 is 0 Å². The van der Waals surface area contributed by atoms with Crippen molar-refractivity contribution in [2.24, 2.45) is 0 Å². The molecule has 4 aromatic rings. The van der Waals surface area contributed by atoms with E-state index in [0.717, 1.165) is 22.9 Å². The number of thioether (sulfide) groups is 1. The third-order valence-corrected chi connectivity index (χ3v) is 6.40. The number of hydrogen-bond acceptors (Lipinski definition) is 7. The number of rotatable bonds is 6. The lowest BCUT2D eigenvalue weighted by atomic mass is 10.2. The van der Waals surface area contributed by atoms with E-state index in [1.807, 2.05) is 35.1 Å². The second-order valence-corrected chi connectivity index (χ2v) is 8.83. The summed E-state index contributed by atoms with van der Waals surface area (Å²) >= 11 is 3.05. The number of nitrogens with zero attached hydrogens (tertiary/aromatic N) is 5. The van der Waals surface area contributed by atoms with Crippen LogP contribution in [-0.4, -0.2) is 25.0 Å². The summed E-state index contributed by atoms with van der Waals surface area (Å²) in [7, 11) is 0. The van der Waals surface area contributed by atoms with E-state index in [1.165, 1.54) is 17.8 Å². The van der Waals surface area contributed by atoms with Crippen molar-refractivity contribution >= 4 is 23.1 Å². The smallest absolute Gasteiger partial charge is 0.257 e. The molecule has 1 atom stereocenters. The van der Waals surface area contributed by atoms with Gasteiger partial charge in [0.1, 0.15) is 5.82 Å². The second kappa shape index (κ2) is 7.14. The van der Waals surface area contributed by atoms with Crippen LogP contribution in [0.25, 0.3) is 22.2 Å². The van der Waals surface area contributed by atoms with Crippen LogP contribution in [-0.2, 0) is 0 Å². The predicted molar refractivity (Wildman–Crippen MR) is 106 cm³/mol. The van der Waals surface area contributed by atoms with E-state index >= 15 is 0 Å². The van der Waals surface area contributed by atoms with Crippen molar-refractivity contribution in [3.05, 3.63) is 53.5 Å². The molecule has 0 unspecified atom stereocenters. The first kappa shape index (κ1) is 17.6. The second-order valence-electron chi connectivity index (χ2n) is 6.57. The largest absolute Gasteiger partial charge is 0.419 e. The van der Waals surface area contributed by atoms with Gasteiger partial charge in [-0.15, -0.1) is 31.7 Å². The van der Waals surface area contributed by atoms with Crippen LogP contribution in [0.2, 0.25) is 0 Å². The zero-order chi connectivity index (χ0) is 19.1. The maximum Gasteiger partial charge on any atom is 0.257 e. The summed E-state index contributed by atoms with van der Waals surface area (Å²) in [6, 6.07) is 10.9. The topological polar surface area (TPSA) is 69.6 Å². The Kier molecular flexibility index (Phi) is 4.48. The van der Waals surface area contributed by atoms with Crippen molar-refractivity contribution < 1.29 is 8.81 Å². The number of halogens is 1. The molecule has 0 amide bonds. The highest BCUT2D eigenvalue weighted by molar-refractivity contribution is 7.99. The van der Waals surface area contributed by atoms with Crippen molar-refractivity contribution in [2.45, 2.75) is 36.2 Å². The Bertz CT molecular complexity index is 1100. The van der Waals surface area contributed by atoms with Crippen LogP contribution in [0, 0.1) is 5.82 Å². The Morgan fingerprint density at radius 1 is 1.14 bits per heavy atom. The molecular weight excluding hydrogens is 397 g/mol. The van der Waals surface area contributed by atoms with Gasteiger partial charge in [-0.25, -0.2) is 4.39 Å². The molecule has 0 saturated heterocycles. The molecule has 1 aliphatic rings. The molecule has 1 fully saturated rings. The first-order chi connectivity index (χ1) is 13.7. The summed E-state index contributed by atoms with van der Waals surface area (Å²) in [6.45, 7) is 1.99. The van der Waals surface area contributed by atoms with E-state index in [9.17, 15) is 4.39 Å². The fourth-order valence-corrected chi connectivity index (χ4v) is 4.55. The molecule has 0 spiro atoms. The van der Waals surface area contributed by atoms with Crippen molar-refractivity contribution in [2.75, 3.05) is 0 Å². The molecule has 5 rings (SSSR count). The first-order valence-electron chi connectivity index (χ1n) is 8.94. The molecule has 6 nitrogen and oxygen atoms in total. The lowest BCUT2D eigenvalue weighted by Gasteiger charge is -2.11. The van der Waals surface area contributed by atoms with Crippen LogP contribution >= 0.6 is 23.1 Å². The average molecular weight is 414 g/mol. The Balaban J connectivity index is 1.43. The van der Waals surface area contributed by atoms with Crippen LogP contribution in [0.5, 0.6) is 0 Å². The SMILES string of the molecule is C[C@@H](Sc1nnc(-c2ccccc2F)n1C1CC1)c1nnc(-c2cccs2)o1. The molecule has 3 aromatic heterocycles. The van der Waals surface area contributed by atoms with Gasteiger partial charge in [-0.3, -0.25) is 4.57 Å². The van der Waals surface area contributed by atoms with E-state index in [1.54, 1.807) is 23.5 Å². The zero-order valence-electron chi connectivity index (χ0n) is 14.9. The molecule has 0 bridgehead atoms. The summed E-state index contributed by atoms with van der Waals surface area (Å²) in [4.78, 5) is 0.943. The molecule has 9 heteroatoms. The summed E-state index contributed by atoms with van der Waals surface area (Å²) in [5.74, 6) is 1.33. The Morgan fingerprint density at radius 2 is 2.00 bits per heavy atom. The highest BCUT2D eigenvalue weighted by atomic mass is 32.2. The lowest BCUT2D eigenvalue weighted by molar-refractivity contribution is 0.509. The summed E-state index contributed by atoms with van der Waals surface area (Å²) in [6.07, 6.45) is 2.09. The van der Waals surface area contributed by atoms with E-state index in [2.05, 4.69) is 20.4 Å². The number of aromatic nitrogens is 5. The Morgan fingerprint density at radius 3 is 2.75 bits per heavy atom. The Hall–Kier alpha value is -2.52. The molecule has 28 heavy (non-hydrogen) atoms. The number of hydrogen-bond donors (Lipinski definition) is 0. The molecule has 1 aliphatic carbocycles. The highest BCUT2D eigenvalue weighted by Gasteiger charge is 2.32. The van der Waals surface area contributed by atoms with Gasteiger partial charge in [0.05, 0.1) is 15.7 Å². The fourth-order valence-electron chi connectivity index (χ4n) is 2.95. The van der Waals surface area contributed by atoms with E-state index in [-0.39, 0.29) is 11.1 Å². The lowest BCUT2D eigenvalue weighted by Crippen LogP contribution is -2.02. The van der Waals surface area contributed by atoms with Crippen LogP contribution < -0.4 is 0 Å². The standard InChI is InChI=1S/C19H16FN5OS2/c1-11(17-22-23-18(26-17)15-7-4-10-27-15)28-19-24-21-16(25(19)12-8-9-12)13-5-2-3-6-14(13)20/h2-7,10-12H,8-9H2,1H3/t11-/m1/s1. The molecule has 1 saturated carbocycles. The monoisotopic (exact) mass is 413 g/mol. The zero-order valence-corrected chi connectivity index (χ0v) is 16.6. The van der Waals surface area contributed by atoms with Crippen molar-refractivity contribution in [3.8, 4) is 22.2 Å². The van der Waals surface area contributed by atoms with Crippen LogP contribution in [0.15, 0.2) is 51.4 Å². The normalized spacial score (nSPS) is 15.1.